The highest BCUT2D eigenvalue weighted by Gasteiger charge is 2.19. The van der Waals surface area contributed by atoms with Gasteiger partial charge >= 0.3 is 0 Å². The van der Waals surface area contributed by atoms with E-state index < -0.39 is 0 Å². The van der Waals surface area contributed by atoms with E-state index in [0.29, 0.717) is 5.92 Å². The highest BCUT2D eigenvalue weighted by Crippen LogP contribution is 2.30. The van der Waals surface area contributed by atoms with E-state index in [1.54, 1.807) is 6.07 Å². The summed E-state index contributed by atoms with van der Waals surface area (Å²) in [6.45, 7) is 1.49. The van der Waals surface area contributed by atoms with E-state index in [9.17, 15) is 4.39 Å². The Hall–Kier alpha value is -0.410. The van der Waals surface area contributed by atoms with E-state index in [2.05, 4.69) is 15.9 Å². The summed E-state index contributed by atoms with van der Waals surface area (Å²) < 4.78 is 19.7. The molecule has 0 atom stereocenters. The van der Waals surface area contributed by atoms with Crippen LogP contribution in [0.25, 0.3) is 0 Å². The molecule has 0 spiro atoms. The normalized spacial score (nSPS) is 18.4. The first-order chi connectivity index (χ1) is 6.77. The third-order valence-corrected chi connectivity index (χ3v) is 3.11. The van der Waals surface area contributed by atoms with Crippen LogP contribution in [0.1, 0.15) is 24.3 Å². The molecule has 3 heteroatoms. The summed E-state index contributed by atoms with van der Waals surface area (Å²) in [4.78, 5) is 0. The van der Waals surface area contributed by atoms with Crippen LogP contribution < -0.4 is 0 Å². The van der Waals surface area contributed by atoms with Crippen LogP contribution in [0.4, 0.5) is 4.39 Å². The molecular formula is C11H12BrFO. The molecule has 0 radical (unpaired) electrons. The minimum absolute atomic E-state index is 0.0971. The Morgan fingerprint density at radius 1 is 1.29 bits per heavy atom. The topological polar surface area (TPSA) is 9.23 Å². The summed E-state index contributed by atoms with van der Waals surface area (Å²) in [6, 6.07) is 5.14. The summed E-state index contributed by atoms with van der Waals surface area (Å²) in [6.07, 6.45) is 1.85. The fourth-order valence-electron chi connectivity index (χ4n) is 1.84. The summed E-state index contributed by atoms with van der Waals surface area (Å²) in [5, 5.41) is 0. The molecule has 0 aliphatic carbocycles. The van der Waals surface area contributed by atoms with Gasteiger partial charge in [-0.15, -0.1) is 0 Å². The monoisotopic (exact) mass is 258 g/mol. The van der Waals surface area contributed by atoms with Gasteiger partial charge in [0.15, 0.2) is 0 Å². The first kappa shape index (κ1) is 10.1. The zero-order valence-corrected chi connectivity index (χ0v) is 9.39. The zero-order valence-electron chi connectivity index (χ0n) is 7.80. The molecule has 1 aliphatic rings. The second-order valence-electron chi connectivity index (χ2n) is 3.55. The van der Waals surface area contributed by atoms with Crippen molar-refractivity contribution in [1.29, 1.82) is 0 Å². The quantitative estimate of drug-likeness (QED) is 0.750. The summed E-state index contributed by atoms with van der Waals surface area (Å²) in [5.74, 6) is 0.223. The number of halogens is 2. The van der Waals surface area contributed by atoms with E-state index in [1.807, 2.05) is 6.07 Å². The maximum atomic E-state index is 13.5. The third kappa shape index (κ3) is 2.15. The molecule has 0 N–H and O–H groups in total. The average Bonchev–Trinajstić information content (AvgIpc) is 2.23. The largest absolute Gasteiger partial charge is 0.381 e. The molecule has 14 heavy (non-hydrogen) atoms. The molecule has 76 valence electrons. The van der Waals surface area contributed by atoms with Gasteiger partial charge in [-0.25, -0.2) is 4.39 Å². The van der Waals surface area contributed by atoms with Gasteiger partial charge in [-0.3, -0.25) is 0 Å². The van der Waals surface area contributed by atoms with Gasteiger partial charge in [-0.1, -0.05) is 15.9 Å². The molecule has 0 unspecified atom stereocenters. The van der Waals surface area contributed by atoms with E-state index in [1.165, 1.54) is 6.07 Å². The molecule has 0 saturated carbocycles. The number of hydrogen-bond donors (Lipinski definition) is 0. The molecule has 1 aromatic rings. The highest BCUT2D eigenvalue weighted by molar-refractivity contribution is 9.10. The van der Waals surface area contributed by atoms with Crippen molar-refractivity contribution in [2.24, 2.45) is 0 Å². The molecular weight excluding hydrogens is 247 g/mol. The predicted octanol–water partition coefficient (Wildman–Crippen LogP) is 3.48. The standard InChI is InChI=1S/C11H12BrFO/c12-9-1-2-11(13)10(7-9)8-3-5-14-6-4-8/h1-2,7-8H,3-6H2. The van der Waals surface area contributed by atoms with Crippen LogP contribution >= 0.6 is 15.9 Å². The van der Waals surface area contributed by atoms with Gasteiger partial charge < -0.3 is 4.74 Å². The van der Waals surface area contributed by atoms with Crippen LogP contribution in [-0.2, 0) is 4.74 Å². The third-order valence-electron chi connectivity index (χ3n) is 2.62. The maximum absolute atomic E-state index is 13.5. The Labute approximate surface area is 91.4 Å². The van der Waals surface area contributed by atoms with Crippen molar-refractivity contribution in [2.75, 3.05) is 13.2 Å². The van der Waals surface area contributed by atoms with Gasteiger partial charge in [0.25, 0.3) is 0 Å². The Morgan fingerprint density at radius 3 is 2.71 bits per heavy atom. The van der Waals surface area contributed by atoms with Crippen molar-refractivity contribution in [3.63, 3.8) is 0 Å². The summed E-state index contributed by atoms with van der Waals surface area (Å²) in [7, 11) is 0. The van der Waals surface area contributed by atoms with Crippen molar-refractivity contribution in [3.05, 3.63) is 34.1 Å². The molecule has 0 amide bonds. The van der Waals surface area contributed by atoms with Gasteiger partial charge in [0.05, 0.1) is 0 Å². The fraction of sp³-hybridized carbons (Fsp3) is 0.455. The predicted molar refractivity (Wildman–Crippen MR) is 56.9 cm³/mol. The second-order valence-corrected chi connectivity index (χ2v) is 4.47. The lowest BCUT2D eigenvalue weighted by atomic mass is 9.91. The first-order valence-electron chi connectivity index (χ1n) is 4.80. The lowest BCUT2D eigenvalue weighted by molar-refractivity contribution is 0.0846. The smallest absolute Gasteiger partial charge is 0.126 e. The SMILES string of the molecule is Fc1ccc(Br)cc1C1CCOCC1. The van der Waals surface area contributed by atoms with Crippen molar-refractivity contribution >= 4 is 15.9 Å². The van der Waals surface area contributed by atoms with Gasteiger partial charge in [-0.2, -0.15) is 0 Å². The van der Waals surface area contributed by atoms with Crippen LogP contribution in [0.2, 0.25) is 0 Å². The average molecular weight is 259 g/mol. The second kappa shape index (κ2) is 4.41. The fourth-order valence-corrected chi connectivity index (χ4v) is 2.21. The molecule has 1 saturated heterocycles. The highest BCUT2D eigenvalue weighted by atomic mass is 79.9. The molecule has 2 rings (SSSR count). The van der Waals surface area contributed by atoms with Crippen molar-refractivity contribution < 1.29 is 9.13 Å². The van der Waals surface area contributed by atoms with Crippen LogP contribution in [-0.4, -0.2) is 13.2 Å². The number of rotatable bonds is 1. The minimum Gasteiger partial charge on any atom is -0.381 e. The van der Waals surface area contributed by atoms with Gasteiger partial charge in [-0.05, 0) is 42.5 Å². The number of hydrogen-bond acceptors (Lipinski definition) is 1. The van der Waals surface area contributed by atoms with Crippen molar-refractivity contribution in [2.45, 2.75) is 18.8 Å². The molecule has 1 aliphatic heterocycles. The number of ether oxygens (including phenoxy) is 1. The summed E-state index contributed by atoms with van der Waals surface area (Å²) in [5.41, 5.74) is 0.822. The van der Waals surface area contributed by atoms with E-state index in [4.69, 9.17) is 4.74 Å². The zero-order chi connectivity index (χ0) is 9.97. The van der Waals surface area contributed by atoms with Crippen LogP contribution in [0.3, 0.4) is 0 Å². The lowest BCUT2D eigenvalue weighted by Crippen LogP contribution is -2.15. The van der Waals surface area contributed by atoms with Gasteiger partial charge in [0.2, 0.25) is 0 Å². The van der Waals surface area contributed by atoms with Gasteiger partial charge in [0.1, 0.15) is 5.82 Å². The minimum atomic E-state index is -0.0971. The molecule has 1 aromatic carbocycles. The van der Waals surface area contributed by atoms with Crippen molar-refractivity contribution in [3.8, 4) is 0 Å². The molecule has 0 aromatic heterocycles. The van der Waals surface area contributed by atoms with Crippen LogP contribution in [0.15, 0.2) is 22.7 Å². The Morgan fingerprint density at radius 2 is 2.00 bits per heavy atom. The maximum Gasteiger partial charge on any atom is 0.126 e. The molecule has 1 heterocycles. The van der Waals surface area contributed by atoms with Gasteiger partial charge in [0, 0.05) is 17.7 Å². The number of benzene rings is 1. The lowest BCUT2D eigenvalue weighted by Gasteiger charge is -2.22. The van der Waals surface area contributed by atoms with E-state index in [-0.39, 0.29) is 5.82 Å². The first-order valence-corrected chi connectivity index (χ1v) is 5.59. The Balaban J connectivity index is 2.24. The van der Waals surface area contributed by atoms with Crippen molar-refractivity contribution in [1.82, 2.24) is 0 Å². The Kier molecular flexibility index (Phi) is 3.19. The Bertz CT molecular complexity index is 321. The molecule has 1 nitrogen and oxygen atoms in total. The molecule has 1 fully saturated rings. The van der Waals surface area contributed by atoms with E-state index in [0.717, 1.165) is 36.1 Å². The van der Waals surface area contributed by atoms with Crippen LogP contribution in [0.5, 0.6) is 0 Å². The van der Waals surface area contributed by atoms with Crippen LogP contribution in [0, 0.1) is 5.82 Å². The summed E-state index contributed by atoms with van der Waals surface area (Å²) >= 11 is 3.36. The van der Waals surface area contributed by atoms with E-state index >= 15 is 0 Å². The molecule has 0 bridgehead atoms.